The Morgan fingerprint density at radius 3 is 3.00 bits per heavy atom. The lowest BCUT2D eigenvalue weighted by Crippen LogP contribution is -2.40. The molecular formula is C14H20N4. The molecule has 0 unspecified atom stereocenters. The zero-order chi connectivity index (χ0) is 12.8. The summed E-state index contributed by atoms with van der Waals surface area (Å²) in [6.45, 7) is 6.80. The zero-order valence-electron chi connectivity index (χ0n) is 11.0. The number of nitrogens with two attached hydrogens (primary N) is 1. The van der Waals surface area contributed by atoms with Crippen molar-refractivity contribution in [3.8, 4) is 0 Å². The van der Waals surface area contributed by atoms with Gasteiger partial charge in [-0.3, -0.25) is 5.10 Å². The number of hydrogen-bond donors (Lipinski definition) is 2. The monoisotopic (exact) mass is 244 g/mol. The van der Waals surface area contributed by atoms with Gasteiger partial charge in [-0.15, -0.1) is 0 Å². The molecule has 1 aliphatic rings. The largest absolute Gasteiger partial charge is 0.397 e. The van der Waals surface area contributed by atoms with Crippen LogP contribution in [0.15, 0.2) is 18.3 Å². The van der Waals surface area contributed by atoms with Crippen LogP contribution >= 0.6 is 0 Å². The Morgan fingerprint density at radius 1 is 1.39 bits per heavy atom. The second kappa shape index (κ2) is 3.90. The number of nitrogens with one attached hydrogen (secondary N) is 1. The number of rotatable bonds is 1. The average molecular weight is 244 g/mol. The predicted octanol–water partition coefficient (Wildman–Crippen LogP) is 2.77. The Hall–Kier alpha value is -1.71. The van der Waals surface area contributed by atoms with Gasteiger partial charge in [0.15, 0.2) is 0 Å². The molecule has 18 heavy (non-hydrogen) atoms. The molecule has 1 aromatic heterocycles. The predicted molar refractivity (Wildman–Crippen MR) is 75.7 cm³/mol. The van der Waals surface area contributed by atoms with Crippen LogP contribution in [0.3, 0.4) is 0 Å². The van der Waals surface area contributed by atoms with Gasteiger partial charge in [-0.25, -0.2) is 0 Å². The first-order valence-corrected chi connectivity index (χ1v) is 6.53. The van der Waals surface area contributed by atoms with Gasteiger partial charge in [0.2, 0.25) is 0 Å². The maximum Gasteiger partial charge on any atom is 0.0672 e. The van der Waals surface area contributed by atoms with Crippen molar-refractivity contribution in [3.05, 3.63) is 18.3 Å². The van der Waals surface area contributed by atoms with Crippen LogP contribution in [0.25, 0.3) is 10.9 Å². The fourth-order valence-corrected chi connectivity index (χ4v) is 2.90. The first kappa shape index (κ1) is 11.4. The fourth-order valence-electron chi connectivity index (χ4n) is 2.90. The third-order valence-corrected chi connectivity index (χ3v) is 3.83. The van der Waals surface area contributed by atoms with Crippen LogP contribution in [0.2, 0.25) is 0 Å². The van der Waals surface area contributed by atoms with Gasteiger partial charge < -0.3 is 10.6 Å². The topological polar surface area (TPSA) is 57.9 Å². The molecule has 0 amide bonds. The average Bonchev–Trinajstić information content (AvgIpc) is 2.73. The highest BCUT2D eigenvalue weighted by Crippen LogP contribution is 2.35. The lowest BCUT2D eigenvalue weighted by atomic mass is 9.84. The van der Waals surface area contributed by atoms with Crippen molar-refractivity contribution < 1.29 is 0 Å². The molecule has 0 saturated carbocycles. The summed E-state index contributed by atoms with van der Waals surface area (Å²) < 4.78 is 0. The number of aromatic amines is 1. The van der Waals surface area contributed by atoms with Crippen molar-refractivity contribution >= 4 is 22.3 Å². The summed E-state index contributed by atoms with van der Waals surface area (Å²) in [5, 5.41) is 8.15. The molecule has 0 aliphatic carbocycles. The van der Waals surface area contributed by atoms with Crippen molar-refractivity contribution in [2.24, 2.45) is 5.41 Å². The van der Waals surface area contributed by atoms with Gasteiger partial charge in [-0.2, -0.15) is 5.10 Å². The highest BCUT2D eigenvalue weighted by atomic mass is 15.2. The molecule has 4 nitrogen and oxygen atoms in total. The maximum atomic E-state index is 6.18. The summed E-state index contributed by atoms with van der Waals surface area (Å²) in [5.74, 6) is 0. The first-order valence-electron chi connectivity index (χ1n) is 6.53. The summed E-state index contributed by atoms with van der Waals surface area (Å²) in [6, 6.07) is 4.13. The molecule has 96 valence electrons. The van der Waals surface area contributed by atoms with Crippen molar-refractivity contribution in [1.29, 1.82) is 0 Å². The second-order valence-corrected chi connectivity index (χ2v) is 6.06. The number of H-pyrrole nitrogens is 1. The van der Waals surface area contributed by atoms with Crippen molar-refractivity contribution in [1.82, 2.24) is 10.2 Å². The summed E-state index contributed by atoms with van der Waals surface area (Å²) in [7, 11) is 0. The minimum atomic E-state index is 0.369. The van der Waals surface area contributed by atoms with Gasteiger partial charge in [-0.1, -0.05) is 13.8 Å². The molecule has 0 bridgehead atoms. The molecule has 0 spiro atoms. The molecule has 2 heterocycles. The number of nitrogens with zero attached hydrogens (tertiary/aromatic N) is 2. The van der Waals surface area contributed by atoms with Gasteiger partial charge in [0.25, 0.3) is 0 Å². The summed E-state index contributed by atoms with van der Waals surface area (Å²) in [6.07, 6.45) is 4.33. The van der Waals surface area contributed by atoms with E-state index in [1.54, 1.807) is 0 Å². The van der Waals surface area contributed by atoms with Crippen LogP contribution in [0.4, 0.5) is 11.4 Å². The van der Waals surface area contributed by atoms with Crippen molar-refractivity contribution in [2.75, 3.05) is 23.7 Å². The minimum absolute atomic E-state index is 0.369. The SMILES string of the molecule is CC1(C)CCCN(c2cc3[nH]ncc3cc2N)C1. The van der Waals surface area contributed by atoms with Crippen LogP contribution in [0.5, 0.6) is 0 Å². The summed E-state index contributed by atoms with van der Waals surface area (Å²) in [5.41, 5.74) is 9.60. The molecule has 0 radical (unpaired) electrons. The van der Waals surface area contributed by atoms with E-state index in [-0.39, 0.29) is 0 Å². The summed E-state index contributed by atoms with van der Waals surface area (Å²) in [4.78, 5) is 2.40. The van der Waals surface area contributed by atoms with E-state index in [1.165, 1.54) is 12.8 Å². The highest BCUT2D eigenvalue weighted by Gasteiger charge is 2.27. The van der Waals surface area contributed by atoms with Gasteiger partial charge in [0.05, 0.1) is 23.1 Å². The van der Waals surface area contributed by atoms with E-state index in [4.69, 9.17) is 5.73 Å². The Bertz CT molecular complexity index is 570. The van der Waals surface area contributed by atoms with E-state index in [1.807, 2.05) is 12.3 Å². The van der Waals surface area contributed by atoms with E-state index in [2.05, 4.69) is 35.0 Å². The second-order valence-electron chi connectivity index (χ2n) is 6.06. The molecule has 2 aromatic rings. The fraction of sp³-hybridized carbons (Fsp3) is 0.500. The number of benzene rings is 1. The van der Waals surface area contributed by atoms with Crippen molar-refractivity contribution in [2.45, 2.75) is 26.7 Å². The Morgan fingerprint density at radius 2 is 2.22 bits per heavy atom. The minimum Gasteiger partial charge on any atom is -0.397 e. The molecule has 1 saturated heterocycles. The lowest BCUT2D eigenvalue weighted by Gasteiger charge is -2.39. The molecule has 1 aromatic carbocycles. The van der Waals surface area contributed by atoms with Crippen LogP contribution in [0.1, 0.15) is 26.7 Å². The van der Waals surface area contributed by atoms with E-state index in [0.717, 1.165) is 35.4 Å². The van der Waals surface area contributed by atoms with Crippen LogP contribution in [-0.2, 0) is 0 Å². The molecular weight excluding hydrogens is 224 g/mol. The van der Waals surface area contributed by atoms with E-state index in [0.29, 0.717) is 5.41 Å². The summed E-state index contributed by atoms with van der Waals surface area (Å²) >= 11 is 0. The van der Waals surface area contributed by atoms with E-state index >= 15 is 0 Å². The number of anilines is 2. The Balaban J connectivity index is 2.00. The molecule has 3 N–H and O–H groups in total. The molecule has 1 fully saturated rings. The van der Waals surface area contributed by atoms with Crippen LogP contribution < -0.4 is 10.6 Å². The Kier molecular flexibility index (Phi) is 2.47. The van der Waals surface area contributed by atoms with Crippen LogP contribution in [0, 0.1) is 5.41 Å². The molecule has 0 atom stereocenters. The third kappa shape index (κ3) is 1.92. The smallest absolute Gasteiger partial charge is 0.0672 e. The quantitative estimate of drug-likeness (QED) is 0.758. The normalized spacial score (nSPS) is 19.3. The number of nitrogen functional groups attached to an aromatic ring is 1. The third-order valence-electron chi connectivity index (χ3n) is 3.83. The van der Waals surface area contributed by atoms with Crippen LogP contribution in [-0.4, -0.2) is 23.3 Å². The number of piperidine rings is 1. The number of aromatic nitrogens is 2. The number of fused-ring (bicyclic) bond motifs is 1. The standard InChI is InChI=1S/C14H20N4/c1-14(2)4-3-5-18(9-14)13-7-12-10(6-11(13)15)8-16-17-12/h6-8H,3-5,9,15H2,1-2H3,(H,16,17). The molecule has 3 rings (SSSR count). The number of hydrogen-bond acceptors (Lipinski definition) is 3. The van der Waals surface area contributed by atoms with Gasteiger partial charge in [0.1, 0.15) is 0 Å². The van der Waals surface area contributed by atoms with E-state index < -0.39 is 0 Å². The lowest BCUT2D eigenvalue weighted by molar-refractivity contribution is 0.293. The zero-order valence-corrected chi connectivity index (χ0v) is 11.0. The molecule has 4 heteroatoms. The van der Waals surface area contributed by atoms with Crippen molar-refractivity contribution in [3.63, 3.8) is 0 Å². The maximum absolute atomic E-state index is 6.18. The Labute approximate surface area is 107 Å². The van der Waals surface area contributed by atoms with E-state index in [9.17, 15) is 0 Å². The molecule has 1 aliphatic heterocycles. The van der Waals surface area contributed by atoms with Gasteiger partial charge in [-0.05, 0) is 30.4 Å². The highest BCUT2D eigenvalue weighted by molar-refractivity contribution is 5.88. The van der Waals surface area contributed by atoms with Gasteiger partial charge >= 0.3 is 0 Å². The first-order chi connectivity index (χ1) is 8.55. The van der Waals surface area contributed by atoms with Gasteiger partial charge in [0, 0.05) is 18.5 Å².